The maximum absolute atomic E-state index is 12.8. The zero-order valence-electron chi connectivity index (χ0n) is 16.1. The van der Waals surface area contributed by atoms with Gasteiger partial charge in [0.15, 0.2) is 0 Å². The lowest BCUT2D eigenvalue weighted by molar-refractivity contribution is -0.137. The summed E-state index contributed by atoms with van der Waals surface area (Å²) in [4.78, 5) is 15.2. The molecule has 0 amide bonds. The van der Waals surface area contributed by atoms with Crippen LogP contribution in [0.3, 0.4) is 0 Å². The Morgan fingerprint density at radius 1 is 0.933 bits per heavy atom. The number of pyridine rings is 1. The standard InChI is InChI=1S/C22H18F3N5/c1-30(14-15-5-3-2-4-6-15)21-28-19-11-12-26-13-18(19)20(29-21)27-17-9-7-16(8-10-17)22(23,24)25/h2-13H,14H2,1H3,(H,27,28,29). The van der Waals surface area contributed by atoms with Crippen molar-refractivity contribution >= 4 is 28.4 Å². The Morgan fingerprint density at radius 3 is 2.37 bits per heavy atom. The average molecular weight is 409 g/mol. The van der Waals surface area contributed by atoms with E-state index in [0.717, 1.165) is 17.7 Å². The van der Waals surface area contributed by atoms with Crippen molar-refractivity contribution in [3.63, 3.8) is 0 Å². The number of nitrogens with one attached hydrogen (secondary N) is 1. The van der Waals surface area contributed by atoms with Crippen LogP contribution in [0.25, 0.3) is 10.9 Å². The Hall–Kier alpha value is -3.68. The summed E-state index contributed by atoms with van der Waals surface area (Å²) in [6.07, 6.45) is -1.11. The van der Waals surface area contributed by atoms with Crippen molar-refractivity contribution in [1.82, 2.24) is 15.0 Å². The van der Waals surface area contributed by atoms with Gasteiger partial charge in [0.2, 0.25) is 5.95 Å². The van der Waals surface area contributed by atoms with Gasteiger partial charge in [-0.05, 0) is 35.9 Å². The summed E-state index contributed by atoms with van der Waals surface area (Å²) < 4.78 is 38.5. The van der Waals surface area contributed by atoms with E-state index < -0.39 is 11.7 Å². The number of hydrogen-bond acceptors (Lipinski definition) is 5. The maximum Gasteiger partial charge on any atom is 0.416 e. The van der Waals surface area contributed by atoms with E-state index in [9.17, 15) is 13.2 Å². The number of alkyl halides is 3. The van der Waals surface area contributed by atoms with Crippen LogP contribution in [0.15, 0.2) is 73.1 Å². The average Bonchev–Trinajstić information content (AvgIpc) is 2.74. The second-order valence-corrected chi connectivity index (χ2v) is 6.81. The summed E-state index contributed by atoms with van der Waals surface area (Å²) in [6, 6.07) is 16.5. The van der Waals surface area contributed by atoms with E-state index in [2.05, 4.69) is 20.3 Å². The minimum atomic E-state index is -4.38. The molecule has 2 heterocycles. The van der Waals surface area contributed by atoms with Crippen LogP contribution in [0.1, 0.15) is 11.1 Å². The first-order valence-electron chi connectivity index (χ1n) is 9.21. The largest absolute Gasteiger partial charge is 0.416 e. The van der Waals surface area contributed by atoms with Crippen LogP contribution in [0.5, 0.6) is 0 Å². The first kappa shape index (κ1) is 19.6. The van der Waals surface area contributed by atoms with Crippen LogP contribution >= 0.6 is 0 Å². The number of rotatable bonds is 5. The van der Waals surface area contributed by atoms with E-state index in [4.69, 9.17) is 0 Å². The lowest BCUT2D eigenvalue weighted by Crippen LogP contribution is -2.19. The van der Waals surface area contributed by atoms with Crippen LogP contribution in [0.4, 0.5) is 30.6 Å². The summed E-state index contributed by atoms with van der Waals surface area (Å²) in [5, 5.41) is 3.77. The molecule has 1 N–H and O–H groups in total. The van der Waals surface area contributed by atoms with Gasteiger partial charge < -0.3 is 10.2 Å². The molecular weight excluding hydrogens is 391 g/mol. The predicted molar refractivity (Wildman–Crippen MR) is 111 cm³/mol. The van der Waals surface area contributed by atoms with E-state index in [1.165, 1.54) is 12.1 Å². The summed E-state index contributed by atoms with van der Waals surface area (Å²) >= 11 is 0. The smallest absolute Gasteiger partial charge is 0.340 e. The van der Waals surface area contributed by atoms with Crippen LogP contribution < -0.4 is 10.2 Å². The van der Waals surface area contributed by atoms with Crippen molar-refractivity contribution in [3.8, 4) is 0 Å². The fourth-order valence-electron chi connectivity index (χ4n) is 3.03. The van der Waals surface area contributed by atoms with Gasteiger partial charge in [0.25, 0.3) is 0 Å². The summed E-state index contributed by atoms with van der Waals surface area (Å²) in [5.74, 6) is 0.967. The lowest BCUT2D eigenvalue weighted by Gasteiger charge is -2.19. The zero-order valence-corrected chi connectivity index (χ0v) is 16.1. The molecule has 0 saturated heterocycles. The first-order chi connectivity index (χ1) is 14.4. The Bertz CT molecular complexity index is 1140. The molecule has 30 heavy (non-hydrogen) atoms. The molecule has 0 saturated carbocycles. The third-order valence-electron chi connectivity index (χ3n) is 4.56. The minimum Gasteiger partial charge on any atom is -0.340 e. The van der Waals surface area contributed by atoms with E-state index in [1.807, 2.05) is 42.3 Å². The predicted octanol–water partition coefficient (Wildman–Crippen LogP) is 5.42. The maximum atomic E-state index is 12.8. The Morgan fingerprint density at radius 2 is 1.67 bits per heavy atom. The molecule has 4 rings (SSSR count). The molecular formula is C22H18F3N5. The van der Waals surface area contributed by atoms with Crippen LogP contribution in [0.2, 0.25) is 0 Å². The molecule has 2 aromatic carbocycles. The molecule has 8 heteroatoms. The third-order valence-corrected chi connectivity index (χ3v) is 4.56. The first-order valence-corrected chi connectivity index (χ1v) is 9.21. The second-order valence-electron chi connectivity index (χ2n) is 6.81. The Kier molecular flexibility index (Phi) is 5.22. The van der Waals surface area contributed by atoms with Gasteiger partial charge in [-0.15, -0.1) is 0 Å². The van der Waals surface area contributed by atoms with Crippen molar-refractivity contribution in [2.75, 3.05) is 17.3 Å². The monoisotopic (exact) mass is 409 g/mol. The molecule has 0 radical (unpaired) electrons. The fraction of sp³-hybridized carbons (Fsp3) is 0.136. The SMILES string of the molecule is CN(Cc1ccccc1)c1nc(Nc2ccc(C(F)(F)F)cc2)c2cnccc2n1. The normalized spacial score (nSPS) is 11.5. The van der Waals surface area contributed by atoms with Crippen molar-refractivity contribution in [1.29, 1.82) is 0 Å². The van der Waals surface area contributed by atoms with Gasteiger partial charge in [0, 0.05) is 31.7 Å². The highest BCUT2D eigenvalue weighted by atomic mass is 19.4. The highest BCUT2D eigenvalue weighted by Gasteiger charge is 2.30. The molecule has 0 fully saturated rings. The molecule has 0 aliphatic heterocycles. The molecule has 0 atom stereocenters. The topological polar surface area (TPSA) is 53.9 Å². The molecule has 0 aliphatic carbocycles. The van der Waals surface area contributed by atoms with Gasteiger partial charge in [0.1, 0.15) is 5.82 Å². The highest BCUT2D eigenvalue weighted by molar-refractivity contribution is 5.91. The molecule has 5 nitrogen and oxygen atoms in total. The van der Waals surface area contributed by atoms with Gasteiger partial charge in [-0.3, -0.25) is 4.98 Å². The molecule has 0 aliphatic rings. The van der Waals surface area contributed by atoms with E-state index >= 15 is 0 Å². The van der Waals surface area contributed by atoms with Crippen LogP contribution in [-0.2, 0) is 12.7 Å². The molecule has 0 unspecified atom stereocenters. The number of benzene rings is 2. The highest BCUT2D eigenvalue weighted by Crippen LogP contribution is 2.31. The second kappa shape index (κ2) is 7.98. The van der Waals surface area contributed by atoms with E-state index in [-0.39, 0.29) is 0 Å². The van der Waals surface area contributed by atoms with Gasteiger partial charge in [-0.1, -0.05) is 30.3 Å². The Labute approximate surface area is 171 Å². The van der Waals surface area contributed by atoms with Crippen LogP contribution in [-0.4, -0.2) is 22.0 Å². The van der Waals surface area contributed by atoms with Gasteiger partial charge in [-0.2, -0.15) is 18.2 Å². The minimum absolute atomic E-state index is 0.475. The number of aromatic nitrogens is 3. The molecule has 4 aromatic rings. The number of anilines is 3. The summed E-state index contributed by atoms with van der Waals surface area (Å²) in [6.45, 7) is 0.608. The molecule has 2 aromatic heterocycles. The summed E-state index contributed by atoms with van der Waals surface area (Å²) in [7, 11) is 1.89. The van der Waals surface area contributed by atoms with Gasteiger partial charge >= 0.3 is 6.18 Å². The quantitative estimate of drug-likeness (QED) is 0.477. The molecule has 152 valence electrons. The molecule has 0 bridgehead atoms. The van der Waals surface area contributed by atoms with Crippen molar-refractivity contribution < 1.29 is 13.2 Å². The van der Waals surface area contributed by atoms with Gasteiger partial charge in [0.05, 0.1) is 16.5 Å². The van der Waals surface area contributed by atoms with Crippen LogP contribution in [0, 0.1) is 0 Å². The Balaban J connectivity index is 1.66. The third kappa shape index (κ3) is 4.32. The lowest BCUT2D eigenvalue weighted by atomic mass is 10.2. The summed E-state index contributed by atoms with van der Waals surface area (Å²) in [5.41, 5.74) is 1.58. The zero-order chi connectivity index (χ0) is 21.1. The van der Waals surface area contributed by atoms with Crippen molar-refractivity contribution in [2.45, 2.75) is 12.7 Å². The fourth-order valence-corrected chi connectivity index (χ4v) is 3.03. The van der Waals surface area contributed by atoms with Gasteiger partial charge in [-0.25, -0.2) is 4.98 Å². The number of halogens is 3. The van der Waals surface area contributed by atoms with Crippen molar-refractivity contribution in [3.05, 3.63) is 84.2 Å². The number of fused-ring (bicyclic) bond motifs is 1. The van der Waals surface area contributed by atoms with E-state index in [1.54, 1.807) is 18.5 Å². The number of hydrogen-bond donors (Lipinski definition) is 1. The van der Waals surface area contributed by atoms with E-state index in [0.29, 0.717) is 34.9 Å². The van der Waals surface area contributed by atoms with Crippen molar-refractivity contribution in [2.24, 2.45) is 0 Å². The number of nitrogens with zero attached hydrogens (tertiary/aromatic N) is 4. The molecule has 0 spiro atoms.